The monoisotopic (exact) mass is 376 g/mol. The summed E-state index contributed by atoms with van der Waals surface area (Å²) in [6, 6.07) is 9.65. The van der Waals surface area contributed by atoms with E-state index >= 15 is 0 Å². The van der Waals surface area contributed by atoms with Gasteiger partial charge in [-0.2, -0.15) is 0 Å². The molecule has 1 aliphatic rings. The van der Waals surface area contributed by atoms with E-state index in [9.17, 15) is 4.79 Å². The van der Waals surface area contributed by atoms with Crippen molar-refractivity contribution in [1.82, 2.24) is 15.4 Å². The van der Waals surface area contributed by atoms with Crippen LogP contribution in [0.2, 0.25) is 5.02 Å². The van der Waals surface area contributed by atoms with Gasteiger partial charge in [-0.25, -0.2) is 4.79 Å². The van der Waals surface area contributed by atoms with Gasteiger partial charge in [0.1, 0.15) is 0 Å². The maximum atomic E-state index is 12.4. The van der Waals surface area contributed by atoms with Crippen LogP contribution in [0.5, 0.6) is 0 Å². The van der Waals surface area contributed by atoms with E-state index in [-0.39, 0.29) is 6.03 Å². The Hall–Kier alpha value is -2.21. The zero-order valence-electron chi connectivity index (χ0n) is 15.2. The SMILES string of the molecule is CC(C)Cc1cc(CNC(=O)N2CCN(c3cccc(Cl)c3)CC2)on1. The van der Waals surface area contributed by atoms with Crippen molar-refractivity contribution >= 4 is 23.3 Å². The second-order valence-corrected chi connectivity index (χ2v) is 7.43. The fourth-order valence-corrected chi connectivity index (χ4v) is 3.25. The van der Waals surface area contributed by atoms with Crippen LogP contribution in [0.3, 0.4) is 0 Å². The quantitative estimate of drug-likeness (QED) is 0.866. The van der Waals surface area contributed by atoms with Gasteiger partial charge in [0.05, 0.1) is 12.2 Å². The molecule has 1 aromatic carbocycles. The first kappa shape index (κ1) is 18.6. The van der Waals surface area contributed by atoms with E-state index in [0.29, 0.717) is 31.3 Å². The topological polar surface area (TPSA) is 61.6 Å². The number of urea groups is 1. The zero-order chi connectivity index (χ0) is 18.5. The van der Waals surface area contributed by atoms with Crippen LogP contribution in [-0.4, -0.2) is 42.3 Å². The summed E-state index contributed by atoms with van der Waals surface area (Å²) in [5.74, 6) is 1.21. The number of hydrogen-bond donors (Lipinski definition) is 1. The second kappa shape index (κ2) is 8.45. The molecule has 0 unspecified atom stereocenters. The van der Waals surface area contributed by atoms with Crippen LogP contribution in [0, 0.1) is 5.92 Å². The summed E-state index contributed by atoms with van der Waals surface area (Å²) in [5, 5.41) is 7.68. The molecule has 1 aromatic heterocycles. The third-order valence-corrected chi connectivity index (χ3v) is 4.61. The molecule has 0 radical (unpaired) electrons. The largest absolute Gasteiger partial charge is 0.368 e. The number of aromatic nitrogens is 1. The number of nitrogens with one attached hydrogen (secondary N) is 1. The summed E-state index contributed by atoms with van der Waals surface area (Å²) in [6.45, 7) is 7.56. The summed E-state index contributed by atoms with van der Waals surface area (Å²) < 4.78 is 5.29. The number of carbonyl (C=O) groups excluding carboxylic acids is 1. The molecule has 6 nitrogen and oxygen atoms in total. The maximum Gasteiger partial charge on any atom is 0.317 e. The van der Waals surface area contributed by atoms with Gasteiger partial charge < -0.3 is 19.6 Å². The fourth-order valence-electron chi connectivity index (χ4n) is 3.07. The number of halogens is 1. The first-order chi connectivity index (χ1) is 12.5. The molecule has 0 aliphatic carbocycles. The van der Waals surface area contributed by atoms with Crippen LogP contribution in [0.25, 0.3) is 0 Å². The van der Waals surface area contributed by atoms with Crippen molar-refractivity contribution in [3.63, 3.8) is 0 Å². The highest BCUT2D eigenvalue weighted by molar-refractivity contribution is 6.30. The highest BCUT2D eigenvalue weighted by Gasteiger charge is 2.21. The Kier molecular flexibility index (Phi) is 6.04. The van der Waals surface area contributed by atoms with Crippen molar-refractivity contribution in [2.24, 2.45) is 5.92 Å². The Balaban J connectivity index is 1.45. The molecule has 2 amide bonds. The Labute approximate surface area is 159 Å². The molecule has 140 valence electrons. The highest BCUT2D eigenvalue weighted by atomic mass is 35.5. The molecule has 1 saturated heterocycles. The molecule has 3 rings (SSSR count). The maximum absolute atomic E-state index is 12.4. The van der Waals surface area contributed by atoms with E-state index in [1.807, 2.05) is 35.2 Å². The van der Waals surface area contributed by atoms with Gasteiger partial charge in [-0.05, 0) is 30.5 Å². The summed E-state index contributed by atoms with van der Waals surface area (Å²) in [6.07, 6.45) is 0.878. The van der Waals surface area contributed by atoms with Crippen molar-refractivity contribution in [2.75, 3.05) is 31.1 Å². The van der Waals surface area contributed by atoms with Crippen molar-refractivity contribution in [3.05, 3.63) is 46.8 Å². The van der Waals surface area contributed by atoms with E-state index < -0.39 is 0 Å². The van der Waals surface area contributed by atoms with Gasteiger partial charge in [0, 0.05) is 43.0 Å². The lowest BCUT2D eigenvalue weighted by atomic mass is 10.1. The molecule has 1 N–H and O–H groups in total. The normalized spacial score (nSPS) is 14.8. The van der Waals surface area contributed by atoms with Crippen LogP contribution in [-0.2, 0) is 13.0 Å². The van der Waals surface area contributed by atoms with Crippen LogP contribution in [0.15, 0.2) is 34.9 Å². The Morgan fingerprint density at radius 2 is 2.04 bits per heavy atom. The third kappa shape index (κ3) is 4.91. The molecule has 7 heteroatoms. The summed E-state index contributed by atoms with van der Waals surface area (Å²) in [4.78, 5) is 16.4. The van der Waals surface area contributed by atoms with Gasteiger partial charge in [0.25, 0.3) is 0 Å². The van der Waals surface area contributed by atoms with Crippen LogP contribution >= 0.6 is 11.6 Å². The molecule has 0 atom stereocenters. The molecular formula is C19H25ClN4O2. The van der Waals surface area contributed by atoms with Crippen molar-refractivity contribution < 1.29 is 9.32 Å². The number of nitrogens with zero attached hydrogens (tertiary/aromatic N) is 3. The van der Waals surface area contributed by atoms with Gasteiger partial charge in [0.2, 0.25) is 0 Å². The average Bonchev–Trinajstić information content (AvgIpc) is 3.06. The van der Waals surface area contributed by atoms with Gasteiger partial charge in [-0.15, -0.1) is 0 Å². The molecule has 0 saturated carbocycles. The number of rotatable bonds is 5. The number of carbonyl (C=O) groups is 1. The van der Waals surface area contributed by atoms with Gasteiger partial charge in [-0.1, -0.05) is 36.7 Å². The first-order valence-corrected chi connectivity index (χ1v) is 9.37. The third-order valence-electron chi connectivity index (χ3n) is 4.38. The molecule has 26 heavy (non-hydrogen) atoms. The Bertz CT molecular complexity index is 739. The molecule has 1 fully saturated rings. The van der Waals surface area contributed by atoms with Gasteiger partial charge >= 0.3 is 6.03 Å². The summed E-state index contributed by atoms with van der Waals surface area (Å²) in [5.41, 5.74) is 2.02. The zero-order valence-corrected chi connectivity index (χ0v) is 16.0. The number of amides is 2. The predicted octanol–water partition coefficient (Wildman–Crippen LogP) is 3.56. The average molecular weight is 377 g/mol. The van der Waals surface area contributed by atoms with Crippen LogP contribution < -0.4 is 10.2 Å². The standard InChI is InChI=1S/C19H25ClN4O2/c1-14(2)10-16-12-18(26-22-16)13-21-19(25)24-8-6-23(7-9-24)17-5-3-4-15(20)11-17/h3-5,11-12,14H,6-10,13H2,1-2H3,(H,21,25). The minimum atomic E-state index is -0.0717. The molecule has 2 heterocycles. The molecule has 2 aromatic rings. The van der Waals surface area contributed by atoms with Gasteiger partial charge in [-0.3, -0.25) is 0 Å². The smallest absolute Gasteiger partial charge is 0.317 e. The number of hydrogen-bond acceptors (Lipinski definition) is 4. The van der Waals surface area contributed by atoms with E-state index in [4.69, 9.17) is 16.1 Å². The Morgan fingerprint density at radius 1 is 1.27 bits per heavy atom. The number of piperazine rings is 1. The first-order valence-electron chi connectivity index (χ1n) is 8.99. The minimum Gasteiger partial charge on any atom is -0.368 e. The van der Waals surface area contributed by atoms with Crippen molar-refractivity contribution in [1.29, 1.82) is 0 Å². The van der Waals surface area contributed by atoms with E-state index in [2.05, 4.69) is 29.2 Å². The predicted molar refractivity (Wildman–Crippen MR) is 103 cm³/mol. The van der Waals surface area contributed by atoms with Crippen molar-refractivity contribution in [2.45, 2.75) is 26.8 Å². The molecule has 0 bridgehead atoms. The van der Waals surface area contributed by atoms with E-state index in [1.165, 1.54) is 0 Å². The molecular weight excluding hydrogens is 352 g/mol. The second-order valence-electron chi connectivity index (χ2n) is 7.00. The van der Waals surface area contributed by atoms with E-state index in [1.54, 1.807) is 0 Å². The fraction of sp³-hybridized carbons (Fsp3) is 0.474. The highest BCUT2D eigenvalue weighted by Crippen LogP contribution is 2.20. The Morgan fingerprint density at radius 3 is 2.73 bits per heavy atom. The summed E-state index contributed by atoms with van der Waals surface area (Å²) in [7, 11) is 0. The number of anilines is 1. The van der Waals surface area contributed by atoms with Crippen LogP contribution in [0.4, 0.5) is 10.5 Å². The molecule has 0 spiro atoms. The van der Waals surface area contributed by atoms with Gasteiger partial charge in [0.15, 0.2) is 5.76 Å². The lowest BCUT2D eigenvalue weighted by Gasteiger charge is -2.36. The van der Waals surface area contributed by atoms with Crippen LogP contribution in [0.1, 0.15) is 25.3 Å². The molecule has 1 aliphatic heterocycles. The van der Waals surface area contributed by atoms with Crippen molar-refractivity contribution in [3.8, 4) is 0 Å². The minimum absolute atomic E-state index is 0.0717. The number of benzene rings is 1. The lowest BCUT2D eigenvalue weighted by Crippen LogP contribution is -2.51. The summed E-state index contributed by atoms with van der Waals surface area (Å²) >= 11 is 6.06. The lowest BCUT2D eigenvalue weighted by molar-refractivity contribution is 0.192. The van der Waals surface area contributed by atoms with E-state index in [0.717, 1.165) is 35.9 Å².